The molecule has 21 heavy (non-hydrogen) atoms. The molecule has 0 saturated heterocycles. The minimum absolute atomic E-state index is 0.0760. The first kappa shape index (κ1) is 14.0. The van der Waals surface area contributed by atoms with Gasteiger partial charge in [0.15, 0.2) is 0 Å². The SMILES string of the molecule is O=C(NCc1cc(-c2ccsc2)cs1)c1ccccc1F. The number of hydrogen-bond donors (Lipinski definition) is 1. The summed E-state index contributed by atoms with van der Waals surface area (Å²) in [6, 6.07) is 10.1. The van der Waals surface area contributed by atoms with Crippen LogP contribution in [0.3, 0.4) is 0 Å². The third kappa shape index (κ3) is 3.20. The molecule has 3 rings (SSSR count). The maximum atomic E-state index is 13.5. The zero-order valence-electron chi connectivity index (χ0n) is 11.0. The van der Waals surface area contributed by atoms with Crippen molar-refractivity contribution in [2.75, 3.05) is 0 Å². The van der Waals surface area contributed by atoms with E-state index in [1.165, 1.54) is 17.7 Å². The van der Waals surface area contributed by atoms with Gasteiger partial charge in [0.1, 0.15) is 5.82 Å². The lowest BCUT2D eigenvalue weighted by molar-refractivity contribution is 0.0947. The van der Waals surface area contributed by atoms with E-state index in [-0.39, 0.29) is 5.56 Å². The van der Waals surface area contributed by atoms with Crippen LogP contribution in [0.2, 0.25) is 0 Å². The van der Waals surface area contributed by atoms with Crippen LogP contribution in [-0.2, 0) is 6.54 Å². The molecule has 1 amide bonds. The summed E-state index contributed by atoms with van der Waals surface area (Å²) in [6.45, 7) is 0.405. The Labute approximate surface area is 129 Å². The van der Waals surface area contributed by atoms with Crippen LogP contribution >= 0.6 is 22.7 Å². The molecule has 0 aliphatic rings. The quantitative estimate of drug-likeness (QED) is 0.751. The van der Waals surface area contributed by atoms with Crippen LogP contribution in [0.5, 0.6) is 0 Å². The summed E-state index contributed by atoms with van der Waals surface area (Å²) in [5.41, 5.74) is 2.41. The number of amides is 1. The van der Waals surface area contributed by atoms with Crippen molar-refractivity contribution < 1.29 is 9.18 Å². The smallest absolute Gasteiger partial charge is 0.254 e. The minimum Gasteiger partial charge on any atom is -0.347 e. The summed E-state index contributed by atoms with van der Waals surface area (Å²) < 4.78 is 13.5. The zero-order valence-corrected chi connectivity index (χ0v) is 12.6. The predicted octanol–water partition coefficient (Wildman–Crippen LogP) is 4.55. The number of thiophene rings is 2. The average molecular weight is 317 g/mol. The molecule has 5 heteroatoms. The normalized spacial score (nSPS) is 10.5. The molecule has 0 aliphatic heterocycles. The summed E-state index contributed by atoms with van der Waals surface area (Å²) in [7, 11) is 0. The Morgan fingerprint density at radius 1 is 1.14 bits per heavy atom. The van der Waals surface area contributed by atoms with E-state index >= 15 is 0 Å². The third-order valence-electron chi connectivity index (χ3n) is 3.05. The van der Waals surface area contributed by atoms with E-state index in [1.54, 1.807) is 34.8 Å². The Kier molecular flexibility index (Phi) is 4.13. The van der Waals surface area contributed by atoms with Crippen molar-refractivity contribution in [3.63, 3.8) is 0 Å². The highest BCUT2D eigenvalue weighted by Gasteiger charge is 2.11. The van der Waals surface area contributed by atoms with Crippen molar-refractivity contribution in [2.45, 2.75) is 6.54 Å². The molecule has 2 nitrogen and oxygen atoms in total. The van der Waals surface area contributed by atoms with Crippen molar-refractivity contribution in [1.82, 2.24) is 5.32 Å². The summed E-state index contributed by atoms with van der Waals surface area (Å²) in [5.74, 6) is -0.890. The van der Waals surface area contributed by atoms with E-state index in [2.05, 4.69) is 22.1 Å². The highest BCUT2D eigenvalue weighted by atomic mass is 32.1. The monoisotopic (exact) mass is 317 g/mol. The van der Waals surface area contributed by atoms with Gasteiger partial charge in [-0.1, -0.05) is 12.1 Å². The van der Waals surface area contributed by atoms with Gasteiger partial charge in [0.05, 0.1) is 12.1 Å². The number of benzene rings is 1. The topological polar surface area (TPSA) is 29.1 Å². The van der Waals surface area contributed by atoms with Crippen LogP contribution in [0.15, 0.2) is 52.5 Å². The second-order valence-electron chi connectivity index (χ2n) is 4.48. The molecule has 0 spiro atoms. The van der Waals surface area contributed by atoms with Crippen molar-refractivity contribution >= 4 is 28.6 Å². The Bertz CT molecular complexity index is 749. The molecule has 0 fully saturated rings. The Hall–Kier alpha value is -1.98. The number of nitrogens with one attached hydrogen (secondary N) is 1. The summed E-state index contributed by atoms with van der Waals surface area (Å²) >= 11 is 3.24. The Morgan fingerprint density at radius 3 is 2.76 bits per heavy atom. The van der Waals surface area contributed by atoms with E-state index < -0.39 is 11.7 Å². The van der Waals surface area contributed by atoms with Gasteiger partial charge in [0.25, 0.3) is 5.91 Å². The number of carbonyl (C=O) groups is 1. The Morgan fingerprint density at radius 2 is 2.00 bits per heavy atom. The average Bonchev–Trinajstić information content (AvgIpc) is 3.16. The summed E-state index contributed by atoms with van der Waals surface area (Å²) in [4.78, 5) is 13.0. The van der Waals surface area contributed by atoms with Crippen LogP contribution in [0.4, 0.5) is 4.39 Å². The van der Waals surface area contributed by atoms with Crippen LogP contribution in [0, 0.1) is 5.82 Å². The van der Waals surface area contributed by atoms with Crippen LogP contribution in [0.25, 0.3) is 11.1 Å². The molecular formula is C16H12FNOS2. The van der Waals surface area contributed by atoms with Gasteiger partial charge < -0.3 is 5.32 Å². The summed E-state index contributed by atoms with van der Waals surface area (Å²) in [5, 5.41) is 8.93. The van der Waals surface area contributed by atoms with E-state index in [0.29, 0.717) is 6.54 Å². The molecule has 1 N–H and O–H groups in total. The van der Waals surface area contributed by atoms with Crippen molar-refractivity contribution in [1.29, 1.82) is 0 Å². The fourth-order valence-electron chi connectivity index (χ4n) is 1.96. The van der Waals surface area contributed by atoms with Crippen LogP contribution in [-0.4, -0.2) is 5.91 Å². The van der Waals surface area contributed by atoms with Crippen LogP contribution < -0.4 is 5.32 Å². The van der Waals surface area contributed by atoms with Crippen LogP contribution in [0.1, 0.15) is 15.2 Å². The first-order chi connectivity index (χ1) is 10.2. The van der Waals surface area contributed by atoms with Gasteiger partial charge in [0.2, 0.25) is 0 Å². The van der Waals surface area contributed by atoms with Gasteiger partial charge in [-0.15, -0.1) is 11.3 Å². The van der Waals surface area contributed by atoms with E-state index in [9.17, 15) is 9.18 Å². The highest BCUT2D eigenvalue weighted by Crippen LogP contribution is 2.27. The maximum Gasteiger partial charge on any atom is 0.254 e. The third-order valence-corrected chi connectivity index (χ3v) is 4.67. The first-order valence-electron chi connectivity index (χ1n) is 6.37. The summed E-state index contributed by atoms with van der Waals surface area (Å²) in [6.07, 6.45) is 0. The lowest BCUT2D eigenvalue weighted by Gasteiger charge is -2.04. The Balaban J connectivity index is 1.66. The molecule has 0 radical (unpaired) electrons. The number of halogens is 1. The minimum atomic E-state index is -0.500. The van der Waals surface area contributed by atoms with Crippen molar-refractivity contribution in [2.24, 2.45) is 0 Å². The molecular weight excluding hydrogens is 305 g/mol. The molecule has 0 saturated carbocycles. The van der Waals surface area contributed by atoms with E-state index in [4.69, 9.17) is 0 Å². The number of carbonyl (C=O) groups excluding carboxylic acids is 1. The molecule has 106 valence electrons. The van der Waals surface area contributed by atoms with Gasteiger partial charge in [-0.25, -0.2) is 4.39 Å². The molecule has 2 heterocycles. The molecule has 2 aromatic heterocycles. The van der Waals surface area contributed by atoms with Gasteiger partial charge in [0, 0.05) is 4.88 Å². The number of hydrogen-bond acceptors (Lipinski definition) is 3. The molecule has 0 atom stereocenters. The fraction of sp³-hybridized carbons (Fsp3) is 0.0625. The van der Waals surface area contributed by atoms with Gasteiger partial charge in [-0.05, 0) is 51.5 Å². The zero-order chi connectivity index (χ0) is 14.7. The lowest BCUT2D eigenvalue weighted by Crippen LogP contribution is -2.23. The molecule has 0 bridgehead atoms. The maximum absolute atomic E-state index is 13.5. The second-order valence-corrected chi connectivity index (χ2v) is 6.25. The van der Waals surface area contributed by atoms with E-state index in [1.807, 2.05) is 11.4 Å². The molecule has 1 aromatic carbocycles. The second kappa shape index (κ2) is 6.20. The molecule has 0 unspecified atom stereocenters. The van der Waals surface area contributed by atoms with Crippen molar-refractivity contribution in [3.8, 4) is 11.1 Å². The number of rotatable bonds is 4. The first-order valence-corrected chi connectivity index (χ1v) is 8.19. The van der Waals surface area contributed by atoms with Crippen molar-refractivity contribution in [3.05, 3.63) is 68.8 Å². The predicted molar refractivity (Wildman–Crippen MR) is 85.2 cm³/mol. The van der Waals surface area contributed by atoms with Gasteiger partial charge in [-0.3, -0.25) is 4.79 Å². The standard InChI is InChI=1S/C16H12FNOS2/c17-15-4-2-1-3-14(15)16(19)18-8-13-7-12(10-21-13)11-5-6-20-9-11/h1-7,9-10H,8H2,(H,18,19). The van der Waals surface area contributed by atoms with Gasteiger partial charge >= 0.3 is 0 Å². The fourth-order valence-corrected chi connectivity index (χ4v) is 3.46. The lowest BCUT2D eigenvalue weighted by atomic mass is 10.2. The van der Waals surface area contributed by atoms with Gasteiger partial charge in [-0.2, -0.15) is 11.3 Å². The van der Waals surface area contributed by atoms with E-state index in [0.717, 1.165) is 10.4 Å². The molecule has 3 aromatic rings. The largest absolute Gasteiger partial charge is 0.347 e. The molecule has 0 aliphatic carbocycles. The highest BCUT2D eigenvalue weighted by molar-refractivity contribution is 7.10.